The first kappa shape index (κ1) is 16.2. The van der Waals surface area contributed by atoms with Crippen LogP contribution in [0.15, 0.2) is 71.4 Å². The van der Waals surface area contributed by atoms with Gasteiger partial charge in [-0.05, 0) is 104 Å². The summed E-state index contributed by atoms with van der Waals surface area (Å²) in [6.45, 7) is 0. The molecule has 4 aromatic heterocycles. The molecule has 4 heterocycles. The van der Waals surface area contributed by atoms with Crippen molar-refractivity contribution in [3.63, 3.8) is 0 Å². The summed E-state index contributed by atoms with van der Waals surface area (Å²) >= 11 is 7.55. The van der Waals surface area contributed by atoms with Gasteiger partial charge in [0.2, 0.25) is 0 Å². The van der Waals surface area contributed by atoms with Gasteiger partial charge in [-0.2, -0.15) is 0 Å². The van der Waals surface area contributed by atoms with Crippen molar-refractivity contribution in [1.29, 1.82) is 0 Å². The van der Waals surface area contributed by atoms with Crippen LogP contribution < -0.4 is 0 Å². The lowest BCUT2D eigenvalue weighted by molar-refractivity contribution is 1.96. The number of benzene rings is 4. The fourth-order valence-electron chi connectivity index (χ4n) is 4.67. The zero-order valence-corrected chi connectivity index (χ0v) is 18.8. The van der Waals surface area contributed by atoms with Crippen LogP contribution in [0.3, 0.4) is 0 Å². The van der Waals surface area contributed by atoms with Crippen molar-refractivity contribution < 1.29 is 0 Å². The Morgan fingerprint density at radius 2 is 0.833 bits per heavy atom. The molecule has 0 bridgehead atoms. The molecule has 0 aliphatic heterocycles. The second-order valence-electron chi connectivity index (χ2n) is 7.87. The van der Waals surface area contributed by atoms with Gasteiger partial charge in [0.25, 0.3) is 0 Å². The summed E-state index contributed by atoms with van der Waals surface area (Å²) < 4.78 is 8.42. The van der Waals surface area contributed by atoms with Gasteiger partial charge in [0.1, 0.15) is 0 Å². The molecule has 0 aliphatic carbocycles. The molecule has 0 saturated heterocycles. The third kappa shape index (κ3) is 2.09. The third-order valence-corrected chi connectivity index (χ3v) is 10.4. The Kier molecular flexibility index (Phi) is 3.03. The molecule has 0 fully saturated rings. The molecule has 0 spiro atoms. The van der Waals surface area contributed by atoms with E-state index in [1.54, 1.807) is 0 Å². The SMILES string of the molecule is c1cc2cc3cc4sc5c6cc7cc8sccc8cc7cc6sc5c4cc3cc2s1. The first-order chi connectivity index (χ1) is 14.8. The number of thiophene rings is 4. The summed E-state index contributed by atoms with van der Waals surface area (Å²) in [6, 6.07) is 23.4. The molecule has 0 radical (unpaired) electrons. The van der Waals surface area contributed by atoms with Crippen LogP contribution in [-0.4, -0.2) is 0 Å². The molecule has 0 atom stereocenters. The molecule has 0 amide bonds. The normalized spacial score (nSPS) is 12.7. The van der Waals surface area contributed by atoms with Gasteiger partial charge < -0.3 is 0 Å². The van der Waals surface area contributed by atoms with Gasteiger partial charge in [0.15, 0.2) is 0 Å². The van der Waals surface area contributed by atoms with Gasteiger partial charge in [-0.1, -0.05) is 0 Å². The zero-order valence-electron chi connectivity index (χ0n) is 15.6. The van der Waals surface area contributed by atoms with Crippen molar-refractivity contribution in [3.8, 4) is 0 Å². The van der Waals surface area contributed by atoms with Crippen molar-refractivity contribution in [2.75, 3.05) is 0 Å². The lowest BCUT2D eigenvalue weighted by Crippen LogP contribution is -1.73. The van der Waals surface area contributed by atoms with Crippen molar-refractivity contribution in [3.05, 3.63) is 71.4 Å². The van der Waals surface area contributed by atoms with Crippen LogP contribution in [0.4, 0.5) is 0 Å². The molecule has 140 valence electrons. The van der Waals surface area contributed by atoms with Crippen LogP contribution in [0, 0.1) is 0 Å². The van der Waals surface area contributed by atoms with E-state index in [1.807, 2.05) is 45.3 Å². The molecule has 8 rings (SSSR count). The van der Waals surface area contributed by atoms with Crippen LogP contribution in [-0.2, 0) is 0 Å². The maximum Gasteiger partial charge on any atom is 0.0542 e. The van der Waals surface area contributed by atoms with Gasteiger partial charge in [-0.15, -0.1) is 45.3 Å². The Morgan fingerprint density at radius 3 is 1.33 bits per heavy atom. The highest BCUT2D eigenvalue weighted by Crippen LogP contribution is 2.47. The molecule has 4 heteroatoms. The predicted octanol–water partition coefficient (Wildman–Crippen LogP) is 10.0. The van der Waals surface area contributed by atoms with Gasteiger partial charge in [-0.25, -0.2) is 0 Å². The van der Waals surface area contributed by atoms with E-state index < -0.39 is 0 Å². The van der Waals surface area contributed by atoms with E-state index in [2.05, 4.69) is 71.4 Å². The van der Waals surface area contributed by atoms with Crippen molar-refractivity contribution in [2.24, 2.45) is 0 Å². The van der Waals surface area contributed by atoms with E-state index in [0.717, 1.165) is 0 Å². The Bertz CT molecular complexity index is 1810. The van der Waals surface area contributed by atoms with Crippen LogP contribution in [0.1, 0.15) is 0 Å². The van der Waals surface area contributed by atoms with E-state index in [4.69, 9.17) is 0 Å². The standard InChI is InChI=1S/C26H12S4/c1-3-27-21-9-17-7-19-23(11-15(17)5-13(1)21)29-26-20-8-18-10-22-14(2-4-28-22)6-16(18)12-24(20)30-25(19)26/h1-12H. The lowest BCUT2D eigenvalue weighted by Gasteiger charge is -2.00. The van der Waals surface area contributed by atoms with E-state index in [0.29, 0.717) is 0 Å². The van der Waals surface area contributed by atoms with Crippen LogP contribution >= 0.6 is 45.3 Å². The zero-order chi connectivity index (χ0) is 19.4. The average molecular weight is 453 g/mol. The molecule has 0 unspecified atom stereocenters. The molecule has 30 heavy (non-hydrogen) atoms. The highest BCUT2D eigenvalue weighted by Gasteiger charge is 2.14. The second kappa shape index (κ2) is 5.59. The van der Waals surface area contributed by atoms with Crippen LogP contribution in [0.25, 0.3) is 71.3 Å². The molecule has 0 aliphatic rings. The van der Waals surface area contributed by atoms with Crippen molar-refractivity contribution in [2.45, 2.75) is 0 Å². The molecule has 0 saturated carbocycles. The van der Waals surface area contributed by atoms with Crippen LogP contribution in [0.5, 0.6) is 0 Å². The van der Waals surface area contributed by atoms with Crippen molar-refractivity contribution in [1.82, 2.24) is 0 Å². The number of fused-ring (bicyclic) bond motifs is 9. The van der Waals surface area contributed by atoms with Gasteiger partial charge in [0.05, 0.1) is 9.40 Å². The summed E-state index contributed by atoms with van der Waals surface area (Å²) in [6.07, 6.45) is 0. The minimum atomic E-state index is 1.34. The second-order valence-corrected chi connectivity index (χ2v) is 11.9. The summed E-state index contributed by atoms with van der Waals surface area (Å²) in [7, 11) is 0. The highest BCUT2D eigenvalue weighted by molar-refractivity contribution is 7.36. The third-order valence-electron chi connectivity index (χ3n) is 6.14. The van der Waals surface area contributed by atoms with Crippen LogP contribution in [0.2, 0.25) is 0 Å². The Morgan fingerprint density at radius 1 is 0.400 bits per heavy atom. The maximum atomic E-state index is 2.41. The summed E-state index contributed by atoms with van der Waals surface area (Å²) in [5, 5.41) is 15.3. The summed E-state index contributed by atoms with van der Waals surface area (Å²) in [5.74, 6) is 0. The monoisotopic (exact) mass is 452 g/mol. The number of rotatable bonds is 0. The van der Waals surface area contributed by atoms with E-state index in [9.17, 15) is 0 Å². The molecular weight excluding hydrogens is 441 g/mol. The molecule has 0 N–H and O–H groups in total. The first-order valence-corrected chi connectivity index (χ1v) is 13.2. The molecular formula is C26H12S4. The Labute approximate surface area is 187 Å². The average Bonchev–Trinajstić information content (AvgIpc) is 3.51. The van der Waals surface area contributed by atoms with E-state index >= 15 is 0 Å². The molecule has 0 nitrogen and oxygen atoms in total. The smallest absolute Gasteiger partial charge is 0.0542 e. The predicted molar refractivity (Wildman–Crippen MR) is 140 cm³/mol. The quantitative estimate of drug-likeness (QED) is 0.215. The summed E-state index contributed by atoms with van der Waals surface area (Å²) in [5.41, 5.74) is 0. The van der Waals surface area contributed by atoms with Gasteiger partial charge in [-0.3, -0.25) is 0 Å². The largest absolute Gasteiger partial charge is 0.144 e. The van der Waals surface area contributed by atoms with Crippen molar-refractivity contribution >= 4 is 117 Å². The number of hydrogen-bond donors (Lipinski definition) is 0. The Balaban J connectivity index is 1.49. The fourth-order valence-corrected chi connectivity index (χ4v) is 9.00. The summed E-state index contributed by atoms with van der Waals surface area (Å²) in [4.78, 5) is 0. The van der Waals surface area contributed by atoms with Gasteiger partial charge >= 0.3 is 0 Å². The molecule has 4 aromatic carbocycles. The topological polar surface area (TPSA) is 0 Å². The lowest BCUT2D eigenvalue weighted by atomic mass is 10.1. The fraction of sp³-hybridized carbons (Fsp3) is 0. The Hall–Kier alpha value is -2.50. The number of hydrogen-bond acceptors (Lipinski definition) is 4. The van der Waals surface area contributed by atoms with Gasteiger partial charge in [0, 0.05) is 29.6 Å². The van der Waals surface area contributed by atoms with E-state index in [-0.39, 0.29) is 0 Å². The minimum Gasteiger partial charge on any atom is -0.144 e. The minimum absolute atomic E-state index is 1.34. The van der Waals surface area contributed by atoms with E-state index in [1.165, 1.54) is 71.3 Å². The first-order valence-electron chi connectivity index (χ1n) is 9.81. The molecule has 8 aromatic rings. The highest BCUT2D eigenvalue weighted by atomic mass is 32.1. The maximum absolute atomic E-state index is 2.41.